The lowest BCUT2D eigenvalue weighted by Crippen LogP contribution is -2.36. The van der Waals surface area contributed by atoms with Crippen molar-refractivity contribution in [2.75, 3.05) is 11.4 Å². The molecule has 0 aromatic carbocycles. The minimum Gasteiger partial charge on any atom is -0.390 e. The van der Waals surface area contributed by atoms with Gasteiger partial charge in [-0.3, -0.25) is 4.98 Å². The van der Waals surface area contributed by atoms with Gasteiger partial charge in [0, 0.05) is 17.9 Å². The van der Waals surface area contributed by atoms with Gasteiger partial charge in [-0.05, 0) is 25.0 Å². The van der Waals surface area contributed by atoms with E-state index in [0.717, 1.165) is 12.8 Å². The molecule has 94 valence electrons. The Balaban J connectivity index is 2.19. The number of rotatable bonds is 4. The summed E-state index contributed by atoms with van der Waals surface area (Å²) in [5.74, 6) is 0. The van der Waals surface area contributed by atoms with Crippen LogP contribution in [-0.2, 0) is 6.61 Å². The second-order valence-corrected chi connectivity index (χ2v) is 4.14. The molecular weight excluding hydrogens is 233 g/mol. The van der Waals surface area contributed by atoms with Gasteiger partial charge in [-0.15, -0.1) is 0 Å². The molecule has 0 amide bonds. The molecule has 0 aliphatic heterocycles. The summed E-state index contributed by atoms with van der Waals surface area (Å²) in [5.41, 5.74) is 0.860. The molecule has 1 saturated carbocycles. The standard InChI is InChI=1S/C11H13F3N2O/c12-11(13,14)7-16(9-1-2-9)10-3-4-15-8(5-10)6-17/h3-5,9,17H,1-2,6-7H2. The Morgan fingerprint density at radius 2 is 2.12 bits per heavy atom. The molecular formula is C11H13F3N2O. The number of aliphatic hydroxyl groups excluding tert-OH is 1. The normalized spacial score (nSPS) is 16.0. The van der Waals surface area contributed by atoms with Crippen molar-refractivity contribution in [2.45, 2.75) is 31.7 Å². The van der Waals surface area contributed by atoms with Crippen LogP contribution in [0.25, 0.3) is 0 Å². The highest BCUT2D eigenvalue weighted by Gasteiger charge is 2.38. The maximum Gasteiger partial charge on any atom is 0.405 e. The first kappa shape index (κ1) is 12.2. The molecule has 6 heteroatoms. The van der Waals surface area contributed by atoms with E-state index in [1.54, 1.807) is 6.07 Å². The number of aromatic nitrogens is 1. The Kier molecular flexibility index (Phi) is 3.24. The first-order chi connectivity index (χ1) is 7.99. The van der Waals surface area contributed by atoms with E-state index in [4.69, 9.17) is 5.11 Å². The fourth-order valence-electron chi connectivity index (χ4n) is 1.74. The Bertz CT molecular complexity index is 391. The van der Waals surface area contributed by atoms with E-state index >= 15 is 0 Å². The molecule has 2 rings (SSSR count). The first-order valence-electron chi connectivity index (χ1n) is 5.39. The average molecular weight is 246 g/mol. The molecule has 0 spiro atoms. The zero-order valence-electron chi connectivity index (χ0n) is 9.11. The van der Waals surface area contributed by atoms with E-state index in [1.165, 1.54) is 17.2 Å². The van der Waals surface area contributed by atoms with Crippen molar-refractivity contribution in [1.29, 1.82) is 0 Å². The van der Waals surface area contributed by atoms with Crippen LogP contribution in [0.1, 0.15) is 18.5 Å². The third-order valence-electron chi connectivity index (χ3n) is 2.63. The summed E-state index contributed by atoms with van der Waals surface area (Å²) < 4.78 is 37.4. The molecule has 17 heavy (non-hydrogen) atoms. The molecule has 0 radical (unpaired) electrons. The van der Waals surface area contributed by atoms with E-state index in [1.807, 2.05) is 0 Å². The summed E-state index contributed by atoms with van der Waals surface area (Å²) in [7, 11) is 0. The molecule has 0 unspecified atom stereocenters. The number of halogens is 3. The molecule has 1 aromatic rings. The molecule has 1 N–H and O–H groups in total. The lowest BCUT2D eigenvalue weighted by atomic mass is 10.3. The maximum absolute atomic E-state index is 12.5. The summed E-state index contributed by atoms with van der Waals surface area (Å²) >= 11 is 0. The second-order valence-electron chi connectivity index (χ2n) is 4.14. The quantitative estimate of drug-likeness (QED) is 0.883. The van der Waals surface area contributed by atoms with Crippen LogP contribution in [0.4, 0.5) is 18.9 Å². The van der Waals surface area contributed by atoms with Crippen LogP contribution in [0.15, 0.2) is 18.3 Å². The molecule has 1 heterocycles. The van der Waals surface area contributed by atoms with Gasteiger partial charge in [-0.1, -0.05) is 0 Å². The molecule has 1 aliphatic carbocycles. The second kappa shape index (κ2) is 4.52. The van der Waals surface area contributed by atoms with Crippen LogP contribution in [0.2, 0.25) is 0 Å². The number of nitrogens with zero attached hydrogens (tertiary/aromatic N) is 2. The number of aliphatic hydroxyl groups is 1. The highest BCUT2D eigenvalue weighted by Crippen LogP contribution is 2.34. The third-order valence-corrected chi connectivity index (χ3v) is 2.63. The van der Waals surface area contributed by atoms with Crippen molar-refractivity contribution in [3.63, 3.8) is 0 Å². The Labute approximate surface area is 96.9 Å². The highest BCUT2D eigenvalue weighted by molar-refractivity contribution is 5.49. The van der Waals surface area contributed by atoms with E-state index in [-0.39, 0.29) is 12.6 Å². The van der Waals surface area contributed by atoms with Crippen molar-refractivity contribution in [3.05, 3.63) is 24.0 Å². The summed E-state index contributed by atoms with van der Waals surface area (Å²) in [6.07, 6.45) is -1.22. The van der Waals surface area contributed by atoms with Crippen LogP contribution in [0.3, 0.4) is 0 Å². The minimum atomic E-state index is -4.22. The molecule has 1 fully saturated rings. The van der Waals surface area contributed by atoms with Gasteiger partial charge >= 0.3 is 6.18 Å². The maximum atomic E-state index is 12.5. The van der Waals surface area contributed by atoms with Gasteiger partial charge in [0.2, 0.25) is 0 Å². The number of anilines is 1. The first-order valence-corrected chi connectivity index (χ1v) is 5.39. The third kappa shape index (κ3) is 3.33. The van der Waals surface area contributed by atoms with Crippen LogP contribution in [0.5, 0.6) is 0 Å². The van der Waals surface area contributed by atoms with Gasteiger partial charge < -0.3 is 10.0 Å². The van der Waals surface area contributed by atoms with Crippen LogP contribution >= 0.6 is 0 Å². The van der Waals surface area contributed by atoms with Gasteiger partial charge in [0.15, 0.2) is 0 Å². The largest absolute Gasteiger partial charge is 0.405 e. The van der Waals surface area contributed by atoms with Gasteiger partial charge in [-0.2, -0.15) is 13.2 Å². The van der Waals surface area contributed by atoms with Crippen LogP contribution in [-0.4, -0.2) is 28.9 Å². The Morgan fingerprint density at radius 3 is 2.65 bits per heavy atom. The fourth-order valence-corrected chi connectivity index (χ4v) is 1.74. The molecule has 0 bridgehead atoms. The molecule has 1 aliphatic rings. The SMILES string of the molecule is OCc1cc(N(CC(F)(F)F)C2CC2)ccn1. The lowest BCUT2D eigenvalue weighted by Gasteiger charge is -2.26. The number of hydrogen-bond acceptors (Lipinski definition) is 3. The van der Waals surface area contributed by atoms with E-state index in [0.29, 0.717) is 11.4 Å². The summed E-state index contributed by atoms with van der Waals surface area (Å²) in [4.78, 5) is 5.19. The van der Waals surface area contributed by atoms with Crippen molar-refractivity contribution in [2.24, 2.45) is 0 Å². The van der Waals surface area contributed by atoms with E-state index < -0.39 is 12.7 Å². The van der Waals surface area contributed by atoms with E-state index in [2.05, 4.69) is 4.98 Å². The van der Waals surface area contributed by atoms with Gasteiger partial charge in [-0.25, -0.2) is 0 Å². The fraction of sp³-hybridized carbons (Fsp3) is 0.545. The average Bonchev–Trinajstić information content (AvgIpc) is 3.09. The molecule has 3 nitrogen and oxygen atoms in total. The predicted molar refractivity (Wildman–Crippen MR) is 56.6 cm³/mol. The van der Waals surface area contributed by atoms with Crippen molar-refractivity contribution >= 4 is 5.69 Å². The molecule has 0 saturated heterocycles. The van der Waals surface area contributed by atoms with Gasteiger partial charge in [0.05, 0.1) is 12.3 Å². The Hall–Kier alpha value is -1.30. The van der Waals surface area contributed by atoms with Crippen molar-refractivity contribution < 1.29 is 18.3 Å². The minimum absolute atomic E-state index is 0.0365. The number of pyridine rings is 1. The van der Waals surface area contributed by atoms with E-state index in [9.17, 15) is 13.2 Å². The summed E-state index contributed by atoms with van der Waals surface area (Å²) in [6.45, 7) is -1.22. The number of alkyl halides is 3. The van der Waals surface area contributed by atoms with Crippen LogP contribution in [0, 0.1) is 0 Å². The van der Waals surface area contributed by atoms with Crippen LogP contribution < -0.4 is 4.90 Å². The topological polar surface area (TPSA) is 36.4 Å². The smallest absolute Gasteiger partial charge is 0.390 e. The van der Waals surface area contributed by atoms with Gasteiger partial charge in [0.1, 0.15) is 6.54 Å². The molecule has 1 aromatic heterocycles. The number of hydrogen-bond donors (Lipinski definition) is 1. The monoisotopic (exact) mass is 246 g/mol. The highest BCUT2D eigenvalue weighted by atomic mass is 19.4. The predicted octanol–water partition coefficient (Wildman–Crippen LogP) is 2.10. The zero-order valence-corrected chi connectivity index (χ0v) is 9.11. The lowest BCUT2D eigenvalue weighted by molar-refractivity contribution is -0.120. The Morgan fingerprint density at radius 1 is 1.41 bits per heavy atom. The van der Waals surface area contributed by atoms with Crippen molar-refractivity contribution in [3.8, 4) is 0 Å². The zero-order chi connectivity index (χ0) is 12.5. The van der Waals surface area contributed by atoms with Crippen molar-refractivity contribution in [1.82, 2.24) is 4.98 Å². The summed E-state index contributed by atoms with van der Waals surface area (Å²) in [6, 6.07) is 3.01. The summed E-state index contributed by atoms with van der Waals surface area (Å²) in [5, 5.41) is 8.93. The molecule has 0 atom stereocenters. The van der Waals surface area contributed by atoms with Gasteiger partial charge in [0.25, 0.3) is 0 Å².